The van der Waals surface area contributed by atoms with E-state index in [0.29, 0.717) is 5.56 Å². The Hall–Kier alpha value is -1.95. The van der Waals surface area contributed by atoms with Crippen LogP contribution in [0.15, 0.2) is 18.3 Å². The Labute approximate surface area is 111 Å². The van der Waals surface area contributed by atoms with Crippen molar-refractivity contribution in [1.29, 1.82) is 0 Å². The van der Waals surface area contributed by atoms with Crippen LogP contribution in [0, 0.1) is 0 Å². The van der Waals surface area contributed by atoms with Crippen molar-refractivity contribution >= 4 is 11.9 Å². The first kappa shape index (κ1) is 13.5. The Morgan fingerprint density at radius 1 is 1.37 bits per heavy atom. The summed E-state index contributed by atoms with van der Waals surface area (Å²) in [5, 5.41) is 11.7. The van der Waals surface area contributed by atoms with Gasteiger partial charge in [0.15, 0.2) is 0 Å². The van der Waals surface area contributed by atoms with Gasteiger partial charge >= 0.3 is 5.97 Å². The molecule has 0 radical (unpaired) electrons. The molecule has 2 N–H and O–H groups in total. The van der Waals surface area contributed by atoms with Crippen molar-refractivity contribution in [3.8, 4) is 0 Å². The fourth-order valence-electron chi connectivity index (χ4n) is 2.08. The number of rotatable bonds is 3. The van der Waals surface area contributed by atoms with Crippen LogP contribution in [0.1, 0.15) is 33.7 Å². The molecule has 1 aromatic heterocycles. The van der Waals surface area contributed by atoms with E-state index >= 15 is 0 Å². The number of nitrogens with one attached hydrogen (secondary N) is 1. The van der Waals surface area contributed by atoms with Crippen molar-refractivity contribution in [3.05, 3.63) is 29.6 Å². The smallest absolute Gasteiger partial charge is 0.354 e. The maximum absolute atomic E-state index is 12.0. The van der Waals surface area contributed by atoms with Crippen molar-refractivity contribution < 1.29 is 14.7 Å². The van der Waals surface area contributed by atoms with E-state index in [-0.39, 0.29) is 17.6 Å². The standard InChI is InChI=1S/C13H17N3O3/c1-16-6-4-10(5-7-16)15-12(17)9-2-3-11(13(18)19)14-8-9/h2-3,8,10H,4-7H2,1H3,(H,15,17)(H,18,19). The molecule has 6 heteroatoms. The van der Waals surface area contributed by atoms with Crippen LogP contribution in [-0.4, -0.2) is 53.0 Å². The molecule has 0 saturated carbocycles. The first-order valence-corrected chi connectivity index (χ1v) is 6.25. The van der Waals surface area contributed by atoms with Gasteiger partial charge in [-0.15, -0.1) is 0 Å². The summed E-state index contributed by atoms with van der Waals surface area (Å²) in [5.41, 5.74) is 0.333. The highest BCUT2D eigenvalue weighted by Crippen LogP contribution is 2.09. The lowest BCUT2D eigenvalue weighted by atomic mass is 10.1. The van der Waals surface area contributed by atoms with E-state index < -0.39 is 5.97 Å². The number of piperidine rings is 1. The van der Waals surface area contributed by atoms with Crippen molar-refractivity contribution in [3.63, 3.8) is 0 Å². The second-order valence-corrected chi connectivity index (χ2v) is 4.79. The van der Waals surface area contributed by atoms with E-state index in [1.54, 1.807) is 0 Å². The van der Waals surface area contributed by atoms with Gasteiger partial charge in [0.25, 0.3) is 5.91 Å². The summed E-state index contributed by atoms with van der Waals surface area (Å²) in [6.45, 7) is 1.95. The minimum Gasteiger partial charge on any atom is -0.477 e. The number of aromatic nitrogens is 1. The van der Waals surface area contributed by atoms with E-state index in [2.05, 4.69) is 22.2 Å². The molecule has 19 heavy (non-hydrogen) atoms. The summed E-state index contributed by atoms with van der Waals surface area (Å²) in [6, 6.07) is 3.01. The van der Waals surface area contributed by atoms with Gasteiger partial charge in [-0.1, -0.05) is 0 Å². The van der Waals surface area contributed by atoms with E-state index in [0.717, 1.165) is 25.9 Å². The molecule has 0 aliphatic carbocycles. The third-order valence-electron chi connectivity index (χ3n) is 3.30. The average Bonchev–Trinajstić information content (AvgIpc) is 2.41. The number of hydrogen-bond donors (Lipinski definition) is 2. The van der Waals surface area contributed by atoms with Crippen LogP contribution in [-0.2, 0) is 0 Å². The van der Waals surface area contributed by atoms with E-state index in [1.165, 1.54) is 18.3 Å². The lowest BCUT2D eigenvalue weighted by Gasteiger charge is -2.29. The molecule has 1 aromatic rings. The molecular formula is C13H17N3O3. The highest BCUT2D eigenvalue weighted by molar-refractivity contribution is 5.95. The number of likely N-dealkylation sites (tertiary alicyclic amines) is 1. The molecule has 1 aliphatic rings. The Morgan fingerprint density at radius 2 is 2.05 bits per heavy atom. The van der Waals surface area contributed by atoms with Crippen LogP contribution < -0.4 is 5.32 Å². The van der Waals surface area contributed by atoms with E-state index in [4.69, 9.17) is 5.11 Å². The normalized spacial score (nSPS) is 17.1. The van der Waals surface area contributed by atoms with Crippen molar-refractivity contribution in [2.75, 3.05) is 20.1 Å². The van der Waals surface area contributed by atoms with Crippen LogP contribution in [0.25, 0.3) is 0 Å². The third-order valence-corrected chi connectivity index (χ3v) is 3.30. The van der Waals surface area contributed by atoms with Gasteiger partial charge in [-0.25, -0.2) is 9.78 Å². The summed E-state index contributed by atoms with van der Waals surface area (Å²) in [7, 11) is 2.06. The minimum absolute atomic E-state index is 0.0594. The molecular weight excluding hydrogens is 246 g/mol. The molecule has 0 bridgehead atoms. The van der Waals surface area contributed by atoms with Crippen LogP contribution in [0.3, 0.4) is 0 Å². The summed E-state index contributed by atoms with van der Waals surface area (Å²) in [4.78, 5) is 28.6. The zero-order valence-electron chi connectivity index (χ0n) is 10.8. The largest absolute Gasteiger partial charge is 0.477 e. The number of pyridine rings is 1. The Morgan fingerprint density at radius 3 is 2.58 bits per heavy atom. The Balaban J connectivity index is 1.94. The van der Waals surface area contributed by atoms with Gasteiger partial charge in [-0.2, -0.15) is 0 Å². The fraction of sp³-hybridized carbons (Fsp3) is 0.462. The van der Waals surface area contributed by atoms with Crippen LogP contribution >= 0.6 is 0 Å². The predicted octanol–water partition coefficient (Wildman–Crippen LogP) is 0.604. The molecule has 2 rings (SSSR count). The molecule has 1 saturated heterocycles. The number of amides is 1. The molecule has 1 amide bonds. The first-order chi connectivity index (χ1) is 9.06. The third kappa shape index (κ3) is 3.51. The van der Waals surface area contributed by atoms with Crippen LogP contribution in [0.4, 0.5) is 0 Å². The lowest BCUT2D eigenvalue weighted by Crippen LogP contribution is -2.43. The zero-order valence-corrected chi connectivity index (χ0v) is 10.8. The Kier molecular flexibility index (Phi) is 4.11. The van der Waals surface area contributed by atoms with Crippen LogP contribution in [0.5, 0.6) is 0 Å². The second kappa shape index (κ2) is 5.79. The maximum Gasteiger partial charge on any atom is 0.354 e. The minimum atomic E-state index is -1.10. The quantitative estimate of drug-likeness (QED) is 0.834. The number of nitrogens with zero attached hydrogens (tertiary/aromatic N) is 2. The number of hydrogen-bond acceptors (Lipinski definition) is 4. The molecule has 0 aromatic carbocycles. The van der Waals surface area contributed by atoms with Crippen molar-refractivity contribution in [2.24, 2.45) is 0 Å². The SMILES string of the molecule is CN1CCC(NC(=O)c2ccc(C(=O)O)nc2)CC1. The summed E-state index contributed by atoms with van der Waals surface area (Å²) >= 11 is 0. The molecule has 0 spiro atoms. The number of aromatic carboxylic acids is 1. The van der Waals surface area contributed by atoms with Gasteiger partial charge in [0.05, 0.1) is 5.56 Å². The topological polar surface area (TPSA) is 82.5 Å². The number of carboxylic acids is 1. The number of carbonyl (C=O) groups excluding carboxylic acids is 1. The predicted molar refractivity (Wildman–Crippen MR) is 69.2 cm³/mol. The molecule has 6 nitrogen and oxygen atoms in total. The monoisotopic (exact) mass is 263 g/mol. The molecule has 1 aliphatic heterocycles. The maximum atomic E-state index is 12.0. The molecule has 0 unspecified atom stereocenters. The molecule has 2 heterocycles. The highest BCUT2D eigenvalue weighted by atomic mass is 16.4. The van der Waals surface area contributed by atoms with Gasteiger partial charge < -0.3 is 15.3 Å². The van der Waals surface area contributed by atoms with Gasteiger partial charge in [0.2, 0.25) is 0 Å². The summed E-state index contributed by atoms with van der Waals surface area (Å²) < 4.78 is 0. The van der Waals surface area contributed by atoms with Gasteiger partial charge in [0, 0.05) is 12.2 Å². The van der Waals surface area contributed by atoms with Gasteiger partial charge in [-0.3, -0.25) is 4.79 Å². The van der Waals surface area contributed by atoms with Gasteiger partial charge in [0.1, 0.15) is 5.69 Å². The van der Waals surface area contributed by atoms with Crippen molar-refractivity contribution in [2.45, 2.75) is 18.9 Å². The Bertz CT molecular complexity index is 465. The zero-order chi connectivity index (χ0) is 13.8. The molecule has 0 atom stereocenters. The molecule has 102 valence electrons. The van der Waals surface area contributed by atoms with Crippen LogP contribution in [0.2, 0.25) is 0 Å². The second-order valence-electron chi connectivity index (χ2n) is 4.79. The molecule has 1 fully saturated rings. The number of carboxylic acid groups (broad SMARTS) is 1. The van der Waals surface area contributed by atoms with E-state index in [9.17, 15) is 9.59 Å². The fourth-order valence-corrected chi connectivity index (χ4v) is 2.08. The first-order valence-electron chi connectivity index (χ1n) is 6.25. The van der Waals surface area contributed by atoms with Crippen molar-refractivity contribution in [1.82, 2.24) is 15.2 Å². The lowest BCUT2D eigenvalue weighted by molar-refractivity contribution is 0.0689. The average molecular weight is 263 g/mol. The highest BCUT2D eigenvalue weighted by Gasteiger charge is 2.19. The van der Waals surface area contributed by atoms with E-state index in [1.807, 2.05) is 0 Å². The summed E-state index contributed by atoms with van der Waals surface area (Å²) in [5.74, 6) is -1.29. The number of carbonyl (C=O) groups is 2. The van der Waals surface area contributed by atoms with Gasteiger partial charge in [-0.05, 0) is 45.1 Å². The summed E-state index contributed by atoms with van der Waals surface area (Å²) in [6.07, 6.45) is 3.17.